The highest BCUT2D eigenvalue weighted by molar-refractivity contribution is 5.85. The fourth-order valence-electron chi connectivity index (χ4n) is 6.36. The fourth-order valence-corrected chi connectivity index (χ4v) is 6.36. The molecule has 4 saturated carbocycles. The van der Waals surface area contributed by atoms with Crippen molar-refractivity contribution in [3.05, 3.63) is 0 Å². The molecule has 0 amide bonds. The highest BCUT2D eigenvalue weighted by atomic mass is 16.1. The highest BCUT2D eigenvalue weighted by Crippen LogP contribution is 2.69. The van der Waals surface area contributed by atoms with E-state index in [1.807, 2.05) is 0 Å². The smallest absolute Gasteiger partial charge is 0.139 e. The number of Topliss-reactive ketones (excluding diaryl/α,β-unsaturated/α-hetero) is 1. The average Bonchev–Trinajstić information content (AvgIpc) is 2.20. The number of hydrogen-bond donors (Lipinski definition) is 0. The van der Waals surface area contributed by atoms with Crippen molar-refractivity contribution in [2.45, 2.75) is 78.6 Å². The Balaban J connectivity index is 1.86. The lowest BCUT2D eigenvalue weighted by atomic mass is 9.39. The quantitative estimate of drug-likeness (QED) is 0.702. The third-order valence-corrected chi connectivity index (χ3v) is 5.98. The van der Waals surface area contributed by atoms with E-state index >= 15 is 0 Å². The topological polar surface area (TPSA) is 17.1 Å². The van der Waals surface area contributed by atoms with E-state index in [0.29, 0.717) is 16.6 Å². The van der Waals surface area contributed by atoms with Gasteiger partial charge in [-0.25, -0.2) is 0 Å². The van der Waals surface area contributed by atoms with Gasteiger partial charge in [0.25, 0.3) is 0 Å². The zero-order chi connectivity index (χ0) is 13.0. The maximum atomic E-state index is 12.7. The normalized spacial score (nSPS) is 49.6. The van der Waals surface area contributed by atoms with Crippen LogP contribution in [-0.4, -0.2) is 5.78 Å². The Kier molecular flexibility index (Phi) is 2.70. The molecule has 4 aliphatic carbocycles. The monoisotopic (exact) mass is 248 g/mol. The minimum atomic E-state index is 0.0953. The molecule has 0 aliphatic heterocycles. The molecule has 0 aromatic heterocycles. The molecule has 0 N–H and O–H groups in total. The molecule has 0 spiro atoms. The number of ketones is 1. The zero-order valence-corrected chi connectivity index (χ0v) is 12.3. The first-order chi connectivity index (χ1) is 8.39. The van der Waals surface area contributed by atoms with Crippen molar-refractivity contribution in [3.63, 3.8) is 0 Å². The van der Waals surface area contributed by atoms with Crippen molar-refractivity contribution in [2.75, 3.05) is 0 Å². The molecule has 18 heavy (non-hydrogen) atoms. The molecular weight excluding hydrogens is 220 g/mol. The van der Waals surface area contributed by atoms with Gasteiger partial charge in [-0.1, -0.05) is 27.2 Å². The minimum absolute atomic E-state index is 0.0953. The Morgan fingerprint density at radius 3 is 2.17 bits per heavy atom. The average molecular weight is 248 g/mol. The Labute approximate surface area is 112 Å². The molecule has 1 nitrogen and oxygen atoms in total. The van der Waals surface area contributed by atoms with Crippen molar-refractivity contribution < 1.29 is 4.79 Å². The second kappa shape index (κ2) is 3.84. The van der Waals surface area contributed by atoms with Crippen molar-refractivity contribution in [2.24, 2.45) is 22.2 Å². The summed E-state index contributed by atoms with van der Waals surface area (Å²) in [5, 5.41) is 0. The van der Waals surface area contributed by atoms with Gasteiger partial charge in [-0.15, -0.1) is 0 Å². The van der Waals surface area contributed by atoms with Gasteiger partial charge in [0.2, 0.25) is 0 Å². The van der Waals surface area contributed by atoms with Crippen LogP contribution in [0.25, 0.3) is 0 Å². The molecule has 1 heteroatoms. The highest BCUT2D eigenvalue weighted by Gasteiger charge is 2.62. The summed E-state index contributed by atoms with van der Waals surface area (Å²) in [7, 11) is 0. The largest absolute Gasteiger partial charge is 0.299 e. The lowest BCUT2D eigenvalue weighted by Crippen LogP contribution is -2.57. The van der Waals surface area contributed by atoms with E-state index < -0.39 is 0 Å². The van der Waals surface area contributed by atoms with Crippen LogP contribution in [0.15, 0.2) is 0 Å². The van der Waals surface area contributed by atoms with Gasteiger partial charge in [0.05, 0.1) is 0 Å². The molecule has 0 aromatic rings. The van der Waals surface area contributed by atoms with Crippen molar-refractivity contribution in [3.8, 4) is 0 Å². The van der Waals surface area contributed by atoms with E-state index in [0.717, 1.165) is 25.2 Å². The van der Waals surface area contributed by atoms with Crippen molar-refractivity contribution in [1.29, 1.82) is 0 Å². The molecule has 4 aliphatic rings. The second-order valence-electron chi connectivity index (χ2n) is 8.44. The van der Waals surface area contributed by atoms with Crippen LogP contribution in [0.5, 0.6) is 0 Å². The number of unbranched alkanes of at least 4 members (excludes halogenated alkanes) is 1. The van der Waals surface area contributed by atoms with Gasteiger partial charge in [-0.3, -0.25) is 4.79 Å². The van der Waals surface area contributed by atoms with Crippen LogP contribution in [0, 0.1) is 22.2 Å². The molecule has 2 atom stereocenters. The van der Waals surface area contributed by atoms with Crippen LogP contribution in [-0.2, 0) is 4.79 Å². The lowest BCUT2D eigenvalue weighted by Gasteiger charge is -2.64. The Morgan fingerprint density at radius 2 is 1.67 bits per heavy atom. The van der Waals surface area contributed by atoms with Crippen LogP contribution in [0.4, 0.5) is 0 Å². The third kappa shape index (κ3) is 1.85. The molecule has 0 radical (unpaired) electrons. The van der Waals surface area contributed by atoms with Gasteiger partial charge in [-0.2, -0.15) is 0 Å². The summed E-state index contributed by atoms with van der Waals surface area (Å²) in [6.45, 7) is 7.10. The van der Waals surface area contributed by atoms with Crippen molar-refractivity contribution in [1.82, 2.24) is 0 Å². The lowest BCUT2D eigenvalue weighted by molar-refractivity contribution is -0.168. The van der Waals surface area contributed by atoms with E-state index in [-0.39, 0.29) is 5.41 Å². The van der Waals surface area contributed by atoms with E-state index in [9.17, 15) is 4.79 Å². The van der Waals surface area contributed by atoms with E-state index in [1.54, 1.807) is 0 Å². The van der Waals surface area contributed by atoms with Gasteiger partial charge in [0.1, 0.15) is 5.78 Å². The van der Waals surface area contributed by atoms with Gasteiger partial charge in [0.15, 0.2) is 0 Å². The molecule has 4 fully saturated rings. The number of carbonyl (C=O) groups is 1. The summed E-state index contributed by atoms with van der Waals surface area (Å²) >= 11 is 0. The molecule has 0 saturated heterocycles. The molecule has 102 valence electrons. The predicted molar refractivity (Wildman–Crippen MR) is 74.4 cm³/mol. The minimum Gasteiger partial charge on any atom is -0.299 e. The number of carbonyl (C=O) groups excluding carboxylic acids is 1. The summed E-state index contributed by atoms with van der Waals surface area (Å²) in [6.07, 6.45) is 10.9. The van der Waals surface area contributed by atoms with E-state index in [2.05, 4.69) is 20.8 Å². The fraction of sp³-hybridized carbons (Fsp3) is 0.941. The predicted octanol–water partition coefficient (Wildman–Crippen LogP) is 4.74. The summed E-state index contributed by atoms with van der Waals surface area (Å²) in [5.41, 5.74) is 1.06. The molecule has 2 unspecified atom stereocenters. The van der Waals surface area contributed by atoms with E-state index in [1.165, 1.54) is 38.5 Å². The Bertz CT molecular complexity index is 352. The standard InChI is InChI=1S/C17H28O/c1-4-5-6-14(18)17-9-13-7-15(2,11-17)10-16(3,8-13)12-17/h13H,4-12H2,1-3H3. The van der Waals surface area contributed by atoms with Crippen LogP contribution in [0.1, 0.15) is 78.6 Å². The number of hydrogen-bond acceptors (Lipinski definition) is 1. The van der Waals surface area contributed by atoms with Crippen molar-refractivity contribution >= 4 is 5.78 Å². The van der Waals surface area contributed by atoms with Crippen LogP contribution in [0.3, 0.4) is 0 Å². The summed E-state index contributed by atoms with van der Waals surface area (Å²) in [5.74, 6) is 1.47. The first-order valence-corrected chi connectivity index (χ1v) is 7.92. The summed E-state index contributed by atoms with van der Waals surface area (Å²) in [6, 6.07) is 0. The zero-order valence-electron chi connectivity index (χ0n) is 12.3. The third-order valence-electron chi connectivity index (χ3n) is 5.98. The Hall–Kier alpha value is -0.330. The Morgan fingerprint density at radius 1 is 1.06 bits per heavy atom. The van der Waals surface area contributed by atoms with Crippen LogP contribution < -0.4 is 0 Å². The van der Waals surface area contributed by atoms with Crippen LogP contribution >= 0.6 is 0 Å². The first-order valence-electron chi connectivity index (χ1n) is 7.92. The molecule has 0 aromatic carbocycles. The van der Waals surface area contributed by atoms with E-state index in [4.69, 9.17) is 0 Å². The second-order valence-corrected chi connectivity index (χ2v) is 8.44. The SMILES string of the molecule is CCCCC(=O)C12CC3CC(C)(CC(C)(C3)C1)C2. The molecule has 4 bridgehead atoms. The molecular formula is C17H28O. The maximum Gasteiger partial charge on any atom is 0.139 e. The molecule has 0 heterocycles. The van der Waals surface area contributed by atoms with Gasteiger partial charge in [0, 0.05) is 11.8 Å². The van der Waals surface area contributed by atoms with Crippen LogP contribution in [0.2, 0.25) is 0 Å². The van der Waals surface area contributed by atoms with Gasteiger partial charge in [-0.05, 0) is 61.7 Å². The maximum absolute atomic E-state index is 12.7. The van der Waals surface area contributed by atoms with Gasteiger partial charge < -0.3 is 0 Å². The number of rotatable bonds is 4. The summed E-state index contributed by atoms with van der Waals surface area (Å²) in [4.78, 5) is 12.7. The molecule has 4 rings (SSSR count). The first kappa shape index (κ1) is 12.7. The van der Waals surface area contributed by atoms with Gasteiger partial charge >= 0.3 is 0 Å². The summed E-state index contributed by atoms with van der Waals surface area (Å²) < 4.78 is 0.